The number of hydrogen-bond acceptors (Lipinski definition) is 4. The van der Waals surface area contributed by atoms with Crippen LogP contribution in [0.2, 0.25) is 0 Å². The van der Waals surface area contributed by atoms with E-state index < -0.39 is 0 Å². The van der Waals surface area contributed by atoms with Crippen LogP contribution in [0.4, 0.5) is 21.7 Å². The molecule has 2 N–H and O–H groups in total. The summed E-state index contributed by atoms with van der Waals surface area (Å²) < 4.78 is 14.0. The molecule has 0 amide bonds. The SMILES string of the molecule is CCCc1nc(NCC)cc(Nc2ccc(Br)c(F)c2)n1. The Bertz CT molecular complexity index is 594. The third kappa shape index (κ3) is 4.39. The number of halogens is 2. The maximum atomic E-state index is 13.6. The molecule has 0 atom stereocenters. The molecule has 0 aliphatic carbocycles. The lowest BCUT2D eigenvalue weighted by Crippen LogP contribution is -2.06. The van der Waals surface area contributed by atoms with Crippen molar-refractivity contribution in [2.45, 2.75) is 26.7 Å². The topological polar surface area (TPSA) is 49.8 Å². The zero-order valence-corrected chi connectivity index (χ0v) is 13.7. The summed E-state index contributed by atoms with van der Waals surface area (Å²) >= 11 is 3.14. The molecule has 21 heavy (non-hydrogen) atoms. The molecule has 2 aromatic rings. The number of rotatable bonds is 6. The van der Waals surface area contributed by atoms with Crippen LogP contribution < -0.4 is 10.6 Å². The van der Waals surface area contributed by atoms with E-state index in [1.54, 1.807) is 12.1 Å². The van der Waals surface area contributed by atoms with Crippen molar-refractivity contribution in [3.05, 3.63) is 40.4 Å². The first-order valence-corrected chi connectivity index (χ1v) is 7.75. The Morgan fingerprint density at radius 1 is 1.14 bits per heavy atom. The summed E-state index contributed by atoms with van der Waals surface area (Å²) in [6, 6.07) is 6.71. The Morgan fingerprint density at radius 3 is 2.57 bits per heavy atom. The highest BCUT2D eigenvalue weighted by Crippen LogP contribution is 2.23. The largest absolute Gasteiger partial charge is 0.370 e. The second kappa shape index (κ2) is 7.36. The molecule has 0 radical (unpaired) electrons. The third-order valence-corrected chi connectivity index (χ3v) is 3.44. The molecule has 0 aliphatic rings. The van der Waals surface area contributed by atoms with E-state index in [2.05, 4.69) is 43.5 Å². The predicted molar refractivity (Wildman–Crippen MR) is 87.6 cm³/mol. The average molecular weight is 353 g/mol. The molecule has 1 aromatic carbocycles. The van der Waals surface area contributed by atoms with E-state index in [9.17, 15) is 4.39 Å². The molecule has 1 aromatic heterocycles. The molecule has 0 bridgehead atoms. The van der Waals surface area contributed by atoms with E-state index in [1.807, 2.05) is 13.0 Å². The molecule has 112 valence electrons. The lowest BCUT2D eigenvalue weighted by atomic mass is 10.3. The van der Waals surface area contributed by atoms with Gasteiger partial charge in [0, 0.05) is 24.7 Å². The van der Waals surface area contributed by atoms with Crippen LogP contribution in [-0.2, 0) is 6.42 Å². The van der Waals surface area contributed by atoms with Crippen LogP contribution >= 0.6 is 15.9 Å². The minimum absolute atomic E-state index is 0.310. The van der Waals surface area contributed by atoms with Crippen LogP contribution in [-0.4, -0.2) is 16.5 Å². The molecule has 4 nitrogen and oxygen atoms in total. The number of benzene rings is 1. The molecular weight excluding hydrogens is 335 g/mol. The van der Waals surface area contributed by atoms with E-state index in [4.69, 9.17) is 0 Å². The summed E-state index contributed by atoms with van der Waals surface area (Å²) in [5, 5.41) is 6.30. The fraction of sp³-hybridized carbons (Fsp3) is 0.333. The second-order valence-electron chi connectivity index (χ2n) is 4.59. The van der Waals surface area contributed by atoms with Crippen LogP contribution in [0.5, 0.6) is 0 Å². The standard InChI is InChI=1S/C15H18BrFN4/c1-3-5-13-20-14(18-4-2)9-15(21-13)19-10-6-7-11(16)12(17)8-10/h6-9H,3-5H2,1-2H3,(H2,18,19,20,21). The van der Waals surface area contributed by atoms with Gasteiger partial charge in [-0.2, -0.15) is 0 Å². The van der Waals surface area contributed by atoms with E-state index in [0.29, 0.717) is 16.0 Å². The number of anilines is 3. The van der Waals surface area contributed by atoms with Gasteiger partial charge >= 0.3 is 0 Å². The zero-order valence-electron chi connectivity index (χ0n) is 12.1. The molecule has 1 heterocycles. The van der Waals surface area contributed by atoms with Crippen LogP contribution in [0.3, 0.4) is 0 Å². The van der Waals surface area contributed by atoms with Crippen molar-refractivity contribution in [2.75, 3.05) is 17.2 Å². The van der Waals surface area contributed by atoms with Gasteiger partial charge in [0.05, 0.1) is 4.47 Å². The zero-order chi connectivity index (χ0) is 15.2. The van der Waals surface area contributed by atoms with Gasteiger partial charge < -0.3 is 10.6 Å². The summed E-state index contributed by atoms with van der Waals surface area (Å²) in [7, 11) is 0. The number of aromatic nitrogens is 2. The normalized spacial score (nSPS) is 10.5. The van der Waals surface area contributed by atoms with Crippen molar-refractivity contribution in [3.8, 4) is 0 Å². The lowest BCUT2D eigenvalue weighted by Gasteiger charge is -2.11. The van der Waals surface area contributed by atoms with Crippen LogP contribution in [0.1, 0.15) is 26.1 Å². The van der Waals surface area contributed by atoms with Gasteiger partial charge in [0.15, 0.2) is 0 Å². The molecule has 0 saturated heterocycles. The van der Waals surface area contributed by atoms with Gasteiger partial charge in [-0.3, -0.25) is 0 Å². The summed E-state index contributed by atoms with van der Waals surface area (Å²) in [4.78, 5) is 8.90. The average Bonchev–Trinajstić information content (AvgIpc) is 2.43. The Balaban J connectivity index is 2.26. The number of nitrogens with zero attached hydrogens (tertiary/aromatic N) is 2. The number of aryl methyl sites for hydroxylation is 1. The van der Waals surface area contributed by atoms with Crippen LogP contribution in [0.25, 0.3) is 0 Å². The first-order valence-electron chi connectivity index (χ1n) is 6.96. The van der Waals surface area contributed by atoms with Crippen molar-refractivity contribution in [1.82, 2.24) is 9.97 Å². The number of hydrogen-bond donors (Lipinski definition) is 2. The number of nitrogens with one attached hydrogen (secondary N) is 2. The molecule has 6 heteroatoms. The highest BCUT2D eigenvalue weighted by atomic mass is 79.9. The van der Waals surface area contributed by atoms with Crippen LogP contribution in [0, 0.1) is 5.82 Å². The van der Waals surface area contributed by atoms with Gasteiger partial charge in [-0.25, -0.2) is 14.4 Å². The lowest BCUT2D eigenvalue weighted by molar-refractivity contribution is 0.622. The molecule has 2 rings (SSSR count). The van der Waals surface area contributed by atoms with Crippen LogP contribution in [0.15, 0.2) is 28.7 Å². The highest BCUT2D eigenvalue weighted by Gasteiger charge is 2.06. The van der Waals surface area contributed by atoms with E-state index >= 15 is 0 Å². The summed E-state index contributed by atoms with van der Waals surface area (Å²) in [5.74, 6) is 1.90. The maximum absolute atomic E-state index is 13.6. The van der Waals surface area contributed by atoms with E-state index in [1.165, 1.54) is 6.07 Å². The molecule has 0 spiro atoms. The van der Waals surface area contributed by atoms with Gasteiger partial charge in [0.25, 0.3) is 0 Å². The highest BCUT2D eigenvalue weighted by molar-refractivity contribution is 9.10. The van der Waals surface area contributed by atoms with Crippen molar-refractivity contribution < 1.29 is 4.39 Å². The fourth-order valence-electron chi connectivity index (χ4n) is 1.89. The van der Waals surface area contributed by atoms with E-state index in [0.717, 1.165) is 31.0 Å². The third-order valence-electron chi connectivity index (χ3n) is 2.80. The summed E-state index contributed by atoms with van der Waals surface area (Å²) in [6.45, 7) is 4.88. The smallest absolute Gasteiger partial charge is 0.139 e. The van der Waals surface area contributed by atoms with Gasteiger partial charge in [-0.1, -0.05) is 6.92 Å². The molecular formula is C15H18BrFN4. The minimum Gasteiger partial charge on any atom is -0.370 e. The fourth-order valence-corrected chi connectivity index (χ4v) is 2.14. The first kappa shape index (κ1) is 15.7. The second-order valence-corrected chi connectivity index (χ2v) is 5.44. The molecule has 0 aliphatic heterocycles. The van der Waals surface area contributed by atoms with E-state index in [-0.39, 0.29) is 5.82 Å². The molecule has 0 saturated carbocycles. The maximum Gasteiger partial charge on any atom is 0.139 e. The van der Waals surface area contributed by atoms with Crippen molar-refractivity contribution >= 4 is 33.3 Å². The van der Waals surface area contributed by atoms with Crippen molar-refractivity contribution in [1.29, 1.82) is 0 Å². The summed E-state index contributed by atoms with van der Waals surface area (Å²) in [5.41, 5.74) is 0.652. The Kier molecular flexibility index (Phi) is 5.50. The van der Waals surface area contributed by atoms with Gasteiger partial charge in [0.1, 0.15) is 23.3 Å². The predicted octanol–water partition coefficient (Wildman–Crippen LogP) is 4.51. The van der Waals surface area contributed by atoms with Crippen molar-refractivity contribution in [2.24, 2.45) is 0 Å². The molecule has 0 fully saturated rings. The molecule has 0 unspecified atom stereocenters. The Morgan fingerprint density at radius 2 is 1.90 bits per heavy atom. The summed E-state index contributed by atoms with van der Waals surface area (Å²) in [6.07, 6.45) is 1.78. The first-order chi connectivity index (χ1) is 10.1. The Labute approximate surface area is 132 Å². The monoisotopic (exact) mass is 352 g/mol. The minimum atomic E-state index is -0.310. The quantitative estimate of drug-likeness (QED) is 0.803. The van der Waals surface area contributed by atoms with Gasteiger partial charge in [-0.15, -0.1) is 0 Å². The van der Waals surface area contributed by atoms with Gasteiger partial charge in [0.2, 0.25) is 0 Å². The van der Waals surface area contributed by atoms with Crippen molar-refractivity contribution in [3.63, 3.8) is 0 Å². The van der Waals surface area contributed by atoms with Gasteiger partial charge in [-0.05, 0) is 47.5 Å². The Hall–Kier alpha value is -1.69.